The number of benzene rings is 2. The average Bonchev–Trinajstić information content (AvgIpc) is 3.08. The normalized spacial score (nSPS) is 20.5. The first kappa shape index (κ1) is 23.7. The molecule has 1 aliphatic heterocycles. The quantitative estimate of drug-likeness (QED) is 0.349. The van der Waals surface area contributed by atoms with Crippen LogP contribution in [-0.4, -0.2) is 46.7 Å². The molecule has 3 amide bonds. The van der Waals surface area contributed by atoms with E-state index in [1.165, 1.54) is 26.2 Å². The van der Waals surface area contributed by atoms with E-state index in [1.807, 2.05) is 13.0 Å². The minimum atomic E-state index is -1.11. The summed E-state index contributed by atoms with van der Waals surface area (Å²) >= 11 is 5.97. The summed E-state index contributed by atoms with van der Waals surface area (Å²) in [7, 11) is 1.52. The van der Waals surface area contributed by atoms with Gasteiger partial charge < -0.3 is 4.74 Å². The Morgan fingerprint density at radius 1 is 1.00 bits per heavy atom. The van der Waals surface area contributed by atoms with Gasteiger partial charge in [-0.2, -0.15) is 5.01 Å². The van der Waals surface area contributed by atoms with Crippen molar-refractivity contribution < 1.29 is 23.9 Å². The van der Waals surface area contributed by atoms with Gasteiger partial charge in [-0.3, -0.25) is 19.2 Å². The number of carbonyl (C=O) groups is 4. The standard InChI is InChI=1S/C26H25ClN2O5/c1-15-4-13-21-22(14-15)26(33)29(25(21)32)28(24(31)18-5-9-19(27)10-6-18)16(2)23(30)17-7-11-20(34-3)12-8-17/h4-12,16,21-22H,13-14H2,1-3H3/t16-,21+,22+/m0/s1. The maximum Gasteiger partial charge on any atom is 0.273 e. The number of hydrogen-bond donors (Lipinski definition) is 0. The van der Waals surface area contributed by atoms with Gasteiger partial charge in [0, 0.05) is 16.1 Å². The molecule has 0 bridgehead atoms. The molecule has 1 saturated heterocycles. The van der Waals surface area contributed by atoms with Gasteiger partial charge in [-0.25, -0.2) is 5.01 Å². The lowest BCUT2D eigenvalue weighted by molar-refractivity contribution is -0.156. The Kier molecular flexibility index (Phi) is 6.57. The zero-order chi connectivity index (χ0) is 24.6. The fourth-order valence-electron chi connectivity index (χ4n) is 4.50. The highest BCUT2D eigenvalue weighted by Crippen LogP contribution is 2.39. The molecule has 2 aromatic rings. The van der Waals surface area contributed by atoms with E-state index in [0.717, 1.165) is 15.6 Å². The maximum atomic E-state index is 13.6. The molecule has 0 radical (unpaired) electrons. The van der Waals surface area contributed by atoms with Crippen LogP contribution < -0.4 is 4.74 Å². The number of rotatable bonds is 6. The lowest BCUT2D eigenvalue weighted by Gasteiger charge is -2.34. The second kappa shape index (κ2) is 9.43. The highest BCUT2D eigenvalue weighted by Gasteiger charge is 2.53. The molecule has 2 aliphatic rings. The predicted molar refractivity (Wildman–Crippen MR) is 126 cm³/mol. The molecule has 176 valence electrons. The highest BCUT2D eigenvalue weighted by atomic mass is 35.5. The van der Waals surface area contributed by atoms with E-state index in [1.54, 1.807) is 36.4 Å². The van der Waals surface area contributed by atoms with Crippen LogP contribution in [-0.2, 0) is 9.59 Å². The van der Waals surface area contributed by atoms with E-state index in [4.69, 9.17) is 16.3 Å². The Hall–Kier alpha value is -3.45. The molecule has 34 heavy (non-hydrogen) atoms. The number of hydrazine groups is 1. The SMILES string of the molecule is COc1ccc(C(=O)[C@H](C)N(C(=O)c2ccc(Cl)cc2)N2C(=O)[C@@H]3CC=C(C)C[C@H]3C2=O)cc1. The third-order valence-corrected chi connectivity index (χ3v) is 6.69. The number of methoxy groups -OCH3 is 1. The molecule has 1 heterocycles. The number of ketones is 1. The fourth-order valence-corrected chi connectivity index (χ4v) is 4.63. The highest BCUT2D eigenvalue weighted by molar-refractivity contribution is 6.30. The van der Waals surface area contributed by atoms with Crippen LogP contribution in [0.1, 0.15) is 47.4 Å². The van der Waals surface area contributed by atoms with Crippen LogP contribution in [0.3, 0.4) is 0 Å². The number of allylic oxidation sites excluding steroid dienone is 2. The summed E-state index contributed by atoms with van der Waals surface area (Å²) in [6.07, 6.45) is 2.84. The van der Waals surface area contributed by atoms with Crippen molar-refractivity contribution in [2.24, 2.45) is 11.8 Å². The summed E-state index contributed by atoms with van der Waals surface area (Å²) in [5.41, 5.74) is 1.57. The van der Waals surface area contributed by atoms with Crippen LogP contribution in [0.15, 0.2) is 60.2 Å². The first-order valence-corrected chi connectivity index (χ1v) is 11.4. The minimum Gasteiger partial charge on any atom is -0.497 e. The number of halogens is 1. The van der Waals surface area contributed by atoms with Crippen LogP contribution in [0.2, 0.25) is 5.02 Å². The van der Waals surface area contributed by atoms with E-state index in [2.05, 4.69) is 0 Å². The molecule has 1 aliphatic carbocycles. The van der Waals surface area contributed by atoms with Crippen molar-refractivity contribution in [1.29, 1.82) is 0 Å². The molecule has 0 unspecified atom stereocenters. The molecule has 2 aromatic carbocycles. The van der Waals surface area contributed by atoms with Crippen molar-refractivity contribution in [3.05, 3.63) is 76.3 Å². The molecule has 1 fully saturated rings. The number of carbonyl (C=O) groups excluding carboxylic acids is 4. The van der Waals surface area contributed by atoms with Crippen LogP contribution in [0.25, 0.3) is 0 Å². The Morgan fingerprint density at radius 3 is 2.21 bits per heavy atom. The molecule has 0 spiro atoms. The van der Waals surface area contributed by atoms with Crippen LogP contribution in [0.4, 0.5) is 0 Å². The number of Topliss-reactive ketones (excluding diaryl/α,β-unsaturated/α-hetero) is 1. The largest absolute Gasteiger partial charge is 0.497 e. The first-order valence-electron chi connectivity index (χ1n) is 11.0. The molecule has 0 N–H and O–H groups in total. The van der Waals surface area contributed by atoms with Gasteiger partial charge >= 0.3 is 0 Å². The smallest absolute Gasteiger partial charge is 0.273 e. The molecule has 0 saturated carbocycles. The van der Waals surface area contributed by atoms with Gasteiger partial charge in [0.1, 0.15) is 11.8 Å². The molecule has 4 rings (SSSR count). The van der Waals surface area contributed by atoms with E-state index in [0.29, 0.717) is 29.2 Å². The third-order valence-electron chi connectivity index (χ3n) is 6.44. The van der Waals surface area contributed by atoms with Gasteiger partial charge in [-0.1, -0.05) is 23.3 Å². The van der Waals surface area contributed by atoms with Gasteiger partial charge in [-0.05, 0) is 75.2 Å². The number of ether oxygens (including phenoxy) is 1. The van der Waals surface area contributed by atoms with Gasteiger partial charge in [0.2, 0.25) is 0 Å². The summed E-state index contributed by atoms with van der Waals surface area (Å²) in [4.78, 5) is 53.8. The summed E-state index contributed by atoms with van der Waals surface area (Å²) < 4.78 is 5.15. The number of amides is 3. The van der Waals surface area contributed by atoms with Crippen LogP contribution in [0.5, 0.6) is 5.75 Å². The van der Waals surface area contributed by atoms with Crippen molar-refractivity contribution in [3.8, 4) is 5.75 Å². The number of fused-ring (bicyclic) bond motifs is 1. The van der Waals surface area contributed by atoms with E-state index in [9.17, 15) is 19.2 Å². The van der Waals surface area contributed by atoms with Gasteiger partial charge in [-0.15, -0.1) is 0 Å². The Labute approximate surface area is 202 Å². The van der Waals surface area contributed by atoms with Gasteiger partial charge in [0.15, 0.2) is 5.78 Å². The monoisotopic (exact) mass is 480 g/mol. The predicted octanol–water partition coefficient (Wildman–Crippen LogP) is 4.32. The zero-order valence-corrected chi connectivity index (χ0v) is 19.9. The second-order valence-electron chi connectivity index (χ2n) is 8.62. The summed E-state index contributed by atoms with van der Waals surface area (Å²) in [6.45, 7) is 3.44. The Balaban J connectivity index is 1.73. The topological polar surface area (TPSA) is 84.0 Å². The minimum absolute atomic E-state index is 0.212. The Bertz CT molecular complexity index is 1170. The fraction of sp³-hybridized carbons (Fsp3) is 0.308. The molecular weight excluding hydrogens is 456 g/mol. The summed E-state index contributed by atoms with van der Waals surface area (Å²) in [5.74, 6) is -2.46. The van der Waals surface area contributed by atoms with Gasteiger partial charge in [0.25, 0.3) is 17.7 Å². The van der Waals surface area contributed by atoms with E-state index >= 15 is 0 Å². The number of nitrogens with zero attached hydrogens (tertiary/aromatic N) is 2. The summed E-state index contributed by atoms with van der Waals surface area (Å²) in [6, 6.07) is 11.4. The second-order valence-corrected chi connectivity index (χ2v) is 9.05. The molecule has 0 aromatic heterocycles. The molecular formula is C26H25ClN2O5. The van der Waals surface area contributed by atoms with Gasteiger partial charge in [0.05, 0.1) is 18.9 Å². The number of hydrogen-bond acceptors (Lipinski definition) is 5. The van der Waals surface area contributed by atoms with Crippen LogP contribution >= 0.6 is 11.6 Å². The maximum absolute atomic E-state index is 13.6. The van der Waals surface area contributed by atoms with Crippen molar-refractivity contribution in [1.82, 2.24) is 10.0 Å². The molecule has 7 nitrogen and oxygen atoms in total. The van der Waals surface area contributed by atoms with Crippen molar-refractivity contribution >= 4 is 35.1 Å². The first-order chi connectivity index (χ1) is 16.2. The van der Waals surface area contributed by atoms with E-state index < -0.39 is 41.4 Å². The lowest BCUT2D eigenvalue weighted by atomic mass is 9.82. The Morgan fingerprint density at radius 2 is 1.59 bits per heavy atom. The lowest BCUT2D eigenvalue weighted by Crippen LogP contribution is -2.56. The summed E-state index contributed by atoms with van der Waals surface area (Å²) in [5, 5.41) is 2.34. The number of imide groups is 1. The van der Waals surface area contributed by atoms with Crippen molar-refractivity contribution in [2.45, 2.75) is 32.7 Å². The van der Waals surface area contributed by atoms with E-state index in [-0.39, 0.29) is 5.56 Å². The van der Waals surface area contributed by atoms with Crippen LogP contribution in [0, 0.1) is 11.8 Å². The van der Waals surface area contributed by atoms with Crippen molar-refractivity contribution in [3.63, 3.8) is 0 Å². The third kappa shape index (κ3) is 4.23. The molecule has 8 heteroatoms. The zero-order valence-electron chi connectivity index (χ0n) is 19.2. The average molecular weight is 481 g/mol. The van der Waals surface area contributed by atoms with Crippen molar-refractivity contribution in [2.75, 3.05) is 7.11 Å². The molecule has 3 atom stereocenters.